The van der Waals surface area contributed by atoms with Gasteiger partial charge < -0.3 is 16.0 Å². The molecule has 0 spiro atoms. The number of hydrogen-bond donors (Lipinski definition) is 3. The highest BCUT2D eigenvalue weighted by atomic mass is 16.2. The summed E-state index contributed by atoms with van der Waals surface area (Å²) in [7, 11) is 0. The number of aryl methyl sites for hydroxylation is 1. The lowest BCUT2D eigenvalue weighted by Crippen LogP contribution is -3.14. The second kappa shape index (κ2) is 8.99. The number of piperidine rings is 1. The maximum Gasteiger partial charge on any atom is 0.275 e. The third-order valence-electron chi connectivity index (χ3n) is 5.24. The number of carbonyl (C=O) groups is 2. The van der Waals surface area contributed by atoms with Crippen LogP contribution in [0.15, 0.2) is 24.3 Å². The average Bonchev–Trinajstić information content (AvgIpc) is 2.60. The van der Waals surface area contributed by atoms with Crippen LogP contribution in [0.5, 0.6) is 0 Å². The summed E-state index contributed by atoms with van der Waals surface area (Å²) in [6.45, 7) is 8.52. The van der Waals surface area contributed by atoms with Crippen LogP contribution in [0.3, 0.4) is 0 Å². The summed E-state index contributed by atoms with van der Waals surface area (Å²) >= 11 is 0. The number of benzene rings is 1. The van der Waals surface area contributed by atoms with Crippen LogP contribution in [0.1, 0.15) is 50.8 Å². The van der Waals surface area contributed by atoms with Crippen molar-refractivity contribution in [2.45, 2.75) is 46.1 Å². The minimum absolute atomic E-state index is 0.0210. The molecule has 5 heteroatoms. The molecule has 1 aliphatic heterocycles. The molecule has 1 atom stereocenters. The number of likely N-dealkylation sites (tertiary alicyclic amines) is 1. The van der Waals surface area contributed by atoms with Crippen molar-refractivity contribution in [3.05, 3.63) is 35.4 Å². The van der Waals surface area contributed by atoms with Crippen LogP contribution in [0.2, 0.25) is 0 Å². The van der Waals surface area contributed by atoms with Crippen LogP contribution in [-0.2, 0) is 16.0 Å². The standard InChI is InChI=1S/C20H31N3O2/c1-4-15-5-7-16(8-6-15)19(14(2)3)22-18(24)13-23-11-9-17(10-12-23)20(21)25/h5-8,14,17,19H,4,9-13H2,1-3H3,(H2,21,25)(H,22,24)/p+1/t19-/m1/s1. The summed E-state index contributed by atoms with van der Waals surface area (Å²) in [4.78, 5) is 25.0. The predicted molar refractivity (Wildman–Crippen MR) is 99.0 cm³/mol. The molecule has 2 rings (SSSR count). The summed E-state index contributed by atoms with van der Waals surface area (Å²) in [5, 5.41) is 3.20. The molecule has 4 N–H and O–H groups in total. The highest BCUT2D eigenvalue weighted by molar-refractivity contribution is 5.78. The Morgan fingerprint density at radius 2 is 1.80 bits per heavy atom. The van der Waals surface area contributed by atoms with Crippen LogP contribution in [-0.4, -0.2) is 31.4 Å². The van der Waals surface area contributed by atoms with Gasteiger partial charge in [0.2, 0.25) is 5.91 Å². The van der Waals surface area contributed by atoms with Crippen LogP contribution < -0.4 is 16.0 Å². The smallest absolute Gasteiger partial charge is 0.275 e. The maximum absolute atomic E-state index is 12.5. The second-order valence-electron chi connectivity index (χ2n) is 7.49. The van der Waals surface area contributed by atoms with Gasteiger partial charge in [-0.3, -0.25) is 9.59 Å². The van der Waals surface area contributed by atoms with E-state index < -0.39 is 0 Å². The zero-order chi connectivity index (χ0) is 18.4. The molecule has 1 saturated heterocycles. The largest absolute Gasteiger partial charge is 0.369 e. The maximum atomic E-state index is 12.5. The zero-order valence-electron chi connectivity index (χ0n) is 15.7. The van der Waals surface area contributed by atoms with E-state index in [0.717, 1.165) is 37.9 Å². The lowest BCUT2D eigenvalue weighted by atomic mass is 9.94. The molecule has 1 heterocycles. The molecule has 25 heavy (non-hydrogen) atoms. The molecule has 0 bridgehead atoms. The van der Waals surface area contributed by atoms with E-state index in [1.165, 1.54) is 10.5 Å². The number of rotatable bonds is 7. The molecule has 1 aromatic carbocycles. The van der Waals surface area contributed by atoms with Gasteiger partial charge in [0.15, 0.2) is 6.54 Å². The number of carbonyl (C=O) groups excluding carboxylic acids is 2. The molecule has 138 valence electrons. The number of nitrogens with one attached hydrogen (secondary N) is 2. The van der Waals surface area contributed by atoms with Crippen LogP contribution >= 0.6 is 0 Å². The monoisotopic (exact) mass is 346 g/mol. The predicted octanol–water partition coefficient (Wildman–Crippen LogP) is 0.843. The van der Waals surface area contributed by atoms with Gasteiger partial charge >= 0.3 is 0 Å². The fraction of sp³-hybridized carbons (Fsp3) is 0.600. The Hall–Kier alpha value is -1.88. The van der Waals surface area contributed by atoms with Gasteiger partial charge in [0, 0.05) is 18.8 Å². The second-order valence-corrected chi connectivity index (χ2v) is 7.49. The topological polar surface area (TPSA) is 76.6 Å². The quantitative estimate of drug-likeness (QED) is 0.684. The van der Waals surface area contributed by atoms with E-state index in [1.54, 1.807) is 0 Å². The molecular formula is C20H32N3O2+. The van der Waals surface area contributed by atoms with E-state index >= 15 is 0 Å². The van der Waals surface area contributed by atoms with Crippen LogP contribution in [0.4, 0.5) is 0 Å². The Labute approximate surface area is 151 Å². The van der Waals surface area contributed by atoms with Crippen LogP contribution in [0, 0.1) is 11.8 Å². The first-order chi connectivity index (χ1) is 11.9. The third kappa shape index (κ3) is 5.56. The first-order valence-electron chi connectivity index (χ1n) is 9.41. The number of amides is 2. The van der Waals surface area contributed by atoms with Gasteiger partial charge in [-0.25, -0.2) is 0 Å². The molecule has 0 saturated carbocycles. The van der Waals surface area contributed by atoms with Crippen molar-refractivity contribution >= 4 is 11.8 Å². The minimum Gasteiger partial charge on any atom is -0.369 e. The van der Waals surface area contributed by atoms with E-state index in [0.29, 0.717) is 12.5 Å². The molecule has 0 aromatic heterocycles. The van der Waals surface area contributed by atoms with Crippen molar-refractivity contribution in [1.29, 1.82) is 0 Å². The lowest BCUT2D eigenvalue weighted by Gasteiger charge is -2.28. The number of hydrogen-bond acceptors (Lipinski definition) is 2. The molecule has 0 unspecified atom stereocenters. The number of nitrogens with two attached hydrogens (primary N) is 1. The van der Waals surface area contributed by atoms with Crippen molar-refractivity contribution in [2.75, 3.05) is 19.6 Å². The SMILES string of the molecule is CCc1ccc([C@H](NC(=O)C[NH+]2CCC(C(N)=O)CC2)C(C)C)cc1. The summed E-state index contributed by atoms with van der Waals surface area (Å²) in [6, 6.07) is 8.54. The average molecular weight is 346 g/mol. The Balaban J connectivity index is 1.91. The van der Waals surface area contributed by atoms with Gasteiger partial charge in [-0.1, -0.05) is 45.0 Å². The molecule has 2 amide bonds. The van der Waals surface area contributed by atoms with Crippen molar-refractivity contribution in [3.8, 4) is 0 Å². The molecule has 1 aliphatic rings. The third-order valence-corrected chi connectivity index (χ3v) is 5.24. The van der Waals surface area contributed by atoms with Crippen molar-refractivity contribution in [3.63, 3.8) is 0 Å². The fourth-order valence-electron chi connectivity index (χ4n) is 3.53. The molecule has 0 radical (unpaired) electrons. The molecule has 1 aromatic rings. The molecule has 0 aliphatic carbocycles. The Morgan fingerprint density at radius 1 is 1.20 bits per heavy atom. The molecule has 5 nitrogen and oxygen atoms in total. The van der Waals surface area contributed by atoms with E-state index in [1.807, 2.05) is 0 Å². The number of primary amides is 1. The van der Waals surface area contributed by atoms with Gasteiger partial charge in [0.05, 0.1) is 19.1 Å². The summed E-state index contributed by atoms with van der Waals surface area (Å²) < 4.78 is 0. The molecule has 1 fully saturated rings. The lowest BCUT2D eigenvalue weighted by molar-refractivity contribution is -0.897. The minimum atomic E-state index is -0.209. The molecular weight excluding hydrogens is 314 g/mol. The summed E-state index contributed by atoms with van der Waals surface area (Å²) in [5.41, 5.74) is 7.83. The summed E-state index contributed by atoms with van der Waals surface area (Å²) in [6.07, 6.45) is 2.58. The summed E-state index contributed by atoms with van der Waals surface area (Å²) in [5.74, 6) is 0.170. The normalized spacial score (nSPS) is 21.8. The highest BCUT2D eigenvalue weighted by Gasteiger charge is 2.28. The van der Waals surface area contributed by atoms with Crippen molar-refractivity contribution in [1.82, 2.24) is 5.32 Å². The van der Waals surface area contributed by atoms with E-state index in [2.05, 4.69) is 50.4 Å². The number of quaternary nitrogens is 1. The Bertz CT molecular complexity index is 575. The highest BCUT2D eigenvalue weighted by Crippen LogP contribution is 2.22. The van der Waals surface area contributed by atoms with Gasteiger partial charge in [-0.2, -0.15) is 0 Å². The first kappa shape index (κ1) is 19.4. The van der Waals surface area contributed by atoms with Gasteiger partial charge in [0.25, 0.3) is 5.91 Å². The first-order valence-corrected chi connectivity index (χ1v) is 9.41. The van der Waals surface area contributed by atoms with Crippen molar-refractivity contribution in [2.24, 2.45) is 17.6 Å². The van der Waals surface area contributed by atoms with Gasteiger partial charge in [-0.05, 0) is 23.5 Å². The zero-order valence-corrected chi connectivity index (χ0v) is 15.7. The fourth-order valence-corrected chi connectivity index (χ4v) is 3.53. The van der Waals surface area contributed by atoms with E-state index in [-0.39, 0.29) is 23.8 Å². The van der Waals surface area contributed by atoms with Gasteiger partial charge in [0.1, 0.15) is 0 Å². The van der Waals surface area contributed by atoms with Crippen LogP contribution in [0.25, 0.3) is 0 Å². The van der Waals surface area contributed by atoms with Gasteiger partial charge in [-0.15, -0.1) is 0 Å². The van der Waals surface area contributed by atoms with E-state index in [4.69, 9.17) is 5.73 Å². The Kier molecular flexibility index (Phi) is 7.00. The van der Waals surface area contributed by atoms with Crippen molar-refractivity contribution < 1.29 is 14.5 Å². The van der Waals surface area contributed by atoms with E-state index in [9.17, 15) is 9.59 Å². The Morgan fingerprint density at radius 3 is 2.28 bits per heavy atom.